The molecule has 3 rings (SSSR count). The number of fused-ring (bicyclic) bond motifs is 3. The largest absolute Gasteiger partial charge is 0.481 e. The molecule has 2 aromatic carbocycles. The van der Waals surface area contributed by atoms with Crippen LogP contribution in [0.3, 0.4) is 0 Å². The SMILES string of the molecule is CONCC(C(=O)O)C(=O)OCC1c2ccccc2-c2ccccc21. The van der Waals surface area contributed by atoms with Gasteiger partial charge in [0.1, 0.15) is 6.61 Å². The zero-order valence-electron chi connectivity index (χ0n) is 13.8. The van der Waals surface area contributed by atoms with Crippen molar-refractivity contribution in [3.05, 3.63) is 59.7 Å². The fraction of sp³-hybridized carbons (Fsp3) is 0.263. The molecule has 2 aromatic rings. The van der Waals surface area contributed by atoms with E-state index < -0.39 is 17.9 Å². The smallest absolute Gasteiger partial charge is 0.321 e. The predicted octanol–water partition coefficient (Wildman–Crippen LogP) is 2.19. The molecule has 0 fully saturated rings. The summed E-state index contributed by atoms with van der Waals surface area (Å²) >= 11 is 0. The van der Waals surface area contributed by atoms with E-state index in [1.807, 2.05) is 48.5 Å². The summed E-state index contributed by atoms with van der Waals surface area (Å²) in [4.78, 5) is 28.0. The van der Waals surface area contributed by atoms with Gasteiger partial charge in [-0.3, -0.25) is 9.59 Å². The van der Waals surface area contributed by atoms with Crippen LogP contribution < -0.4 is 5.48 Å². The average molecular weight is 341 g/mol. The standard InChI is InChI=1S/C19H19NO5/c1-24-20-10-16(18(21)22)19(23)25-11-17-14-8-4-2-6-12(14)13-7-3-5-9-15(13)17/h2-9,16-17,20H,10-11H2,1H3,(H,21,22). The lowest BCUT2D eigenvalue weighted by atomic mass is 9.98. The minimum atomic E-state index is -1.31. The second-order valence-electron chi connectivity index (χ2n) is 5.80. The number of carbonyl (C=O) groups is 2. The summed E-state index contributed by atoms with van der Waals surface area (Å²) in [6.07, 6.45) is 0. The Kier molecular flexibility index (Phi) is 5.11. The van der Waals surface area contributed by atoms with Crippen LogP contribution in [0.1, 0.15) is 17.0 Å². The summed E-state index contributed by atoms with van der Waals surface area (Å²) in [5.74, 6) is -3.44. The molecule has 6 nitrogen and oxygen atoms in total. The van der Waals surface area contributed by atoms with Crippen LogP contribution in [-0.4, -0.2) is 37.3 Å². The molecule has 25 heavy (non-hydrogen) atoms. The first-order valence-electron chi connectivity index (χ1n) is 7.97. The Bertz CT molecular complexity index is 743. The van der Waals surface area contributed by atoms with Gasteiger partial charge in [-0.05, 0) is 22.3 Å². The van der Waals surface area contributed by atoms with Crippen LogP contribution in [0.25, 0.3) is 11.1 Å². The highest BCUT2D eigenvalue weighted by molar-refractivity contribution is 5.94. The summed E-state index contributed by atoms with van der Waals surface area (Å²) in [5, 5.41) is 9.18. The molecule has 0 aromatic heterocycles. The van der Waals surface area contributed by atoms with E-state index in [9.17, 15) is 14.7 Å². The van der Waals surface area contributed by atoms with Crippen molar-refractivity contribution in [2.24, 2.45) is 5.92 Å². The summed E-state index contributed by atoms with van der Waals surface area (Å²) in [7, 11) is 1.36. The molecule has 2 N–H and O–H groups in total. The van der Waals surface area contributed by atoms with Gasteiger partial charge in [0, 0.05) is 12.5 Å². The molecular formula is C19H19NO5. The number of carboxylic acid groups (broad SMARTS) is 1. The molecule has 0 saturated heterocycles. The Labute approximate surface area is 145 Å². The Morgan fingerprint density at radius 3 is 2.16 bits per heavy atom. The van der Waals surface area contributed by atoms with Crippen molar-refractivity contribution in [1.82, 2.24) is 5.48 Å². The number of rotatable bonds is 7. The molecule has 0 radical (unpaired) electrons. The topological polar surface area (TPSA) is 84.9 Å². The molecule has 0 bridgehead atoms. The molecule has 1 aliphatic carbocycles. The molecule has 0 aliphatic heterocycles. The van der Waals surface area contributed by atoms with Crippen LogP contribution in [-0.2, 0) is 19.2 Å². The van der Waals surface area contributed by atoms with Gasteiger partial charge in [0.25, 0.3) is 0 Å². The Morgan fingerprint density at radius 2 is 1.64 bits per heavy atom. The van der Waals surface area contributed by atoms with Gasteiger partial charge in [-0.25, -0.2) is 5.48 Å². The zero-order chi connectivity index (χ0) is 17.8. The highest BCUT2D eigenvalue weighted by Crippen LogP contribution is 2.44. The summed E-state index contributed by atoms with van der Waals surface area (Å²) in [5.41, 5.74) is 6.79. The van der Waals surface area contributed by atoms with E-state index >= 15 is 0 Å². The third kappa shape index (κ3) is 3.40. The average Bonchev–Trinajstić information content (AvgIpc) is 2.94. The first-order chi connectivity index (χ1) is 12.1. The lowest BCUT2D eigenvalue weighted by Crippen LogP contribution is -2.35. The number of hydrogen-bond donors (Lipinski definition) is 2. The van der Waals surface area contributed by atoms with Crippen LogP contribution >= 0.6 is 0 Å². The molecule has 0 heterocycles. The molecule has 6 heteroatoms. The number of aliphatic carboxylic acids is 1. The number of carboxylic acids is 1. The van der Waals surface area contributed by atoms with E-state index in [2.05, 4.69) is 10.3 Å². The third-order valence-corrected chi connectivity index (χ3v) is 4.37. The number of benzene rings is 2. The van der Waals surface area contributed by atoms with Crippen molar-refractivity contribution < 1.29 is 24.3 Å². The fourth-order valence-electron chi connectivity index (χ4n) is 3.14. The van der Waals surface area contributed by atoms with Gasteiger partial charge in [0.15, 0.2) is 5.92 Å². The van der Waals surface area contributed by atoms with E-state index in [4.69, 9.17) is 4.74 Å². The summed E-state index contributed by atoms with van der Waals surface area (Å²) in [6, 6.07) is 15.9. The van der Waals surface area contributed by atoms with Crippen LogP contribution in [0.15, 0.2) is 48.5 Å². The molecule has 1 aliphatic rings. The Balaban J connectivity index is 1.77. The van der Waals surface area contributed by atoms with Gasteiger partial charge in [0.05, 0.1) is 7.11 Å². The minimum Gasteiger partial charge on any atom is -0.481 e. The Morgan fingerprint density at radius 1 is 1.08 bits per heavy atom. The van der Waals surface area contributed by atoms with Crippen LogP contribution in [0.5, 0.6) is 0 Å². The van der Waals surface area contributed by atoms with Gasteiger partial charge in [0.2, 0.25) is 0 Å². The molecule has 130 valence electrons. The molecule has 0 spiro atoms. The van der Waals surface area contributed by atoms with E-state index in [-0.39, 0.29) is 19.1 Å². The number of carbonyl (C=O) groups excluding carboxylic acids is 1. The van der Waals surface area contributed by atoms with Crippen molar-refractivity contribution in [3.63, 3.8) is 0 Å². The maximum atomic E-state index is 12.2. The molecule has 0 saturated carbocycles. The van der Waals surface area contributed by atoms with Gasteiger partial charge in [-0.1, -0.05) is 48.5 Å². The normalized spacial score (nSPS) is 13.8. The highest BCUT2D eigenvalue weighted by atomic mass is 16.6. The number of hydrogen-bond acceptors (Lipinski definition) is 5. The van der Waals surface area contributed by atoms with Crippen LogP contribution in [0.2, 0.25) is 0 Å². The highest BCUT2D eigenvalue weighted by Gasteiger charge is 2.32. The summed E-state index contributed by atoms with van der Waals surface area (Å²) in [6.45, 7) is -0.0495. The molecular weight excluding hydrogens is 322 g/mol. The second-order valence-corrected chi connectivity index (χ2v) is 5.80. The quantitative estimate of drug-likeness (QED) is 0.456. The van der Waals surface area contributed by atoms with Crippen molar-refractivity contribution >= 4 is 11.9 Å². The first kappa shape index (κ1) is 17.1. The van der Waals surface area contributed by atoms with Gasteiger partial charge >= 0.3 is 11.9 Å². The fourth-order valence-corrected chi connectivity index (χ4v) is 3.14. The number of esters is 1. The van der Waals surface area contributed by atoms with Crippen molar-refractivity contribution in [1.29, 1.82) is 0 Å². The predicted molar refractivity (Wildman–Crippen MR) is 90.8 cm³/mol. The van der Waals surface area contributed by atoms with Crippen molar-refractivity contribution in [2.45, 2.75) is 5.92 Å². The Hall–Kier alpha value is -2.70. The minimum absolute atomic E-state index is 0.0961. The number of hydroxylamine groups is 1. The molecule has 0 amide bonds. The van der Waals surface area contributed by atoms with Gasteiger partial charge < -0.3 is 14.7 Å². The lowest BCUT2D eigenvalue weighted by molar-refractivity contribution is -0.159. The van der Waals surface area contributed by atoms with Gasteiger partial charge in [-0.2, -0.15) is 0 Å². The molecule has 1 atom stereocenters. The lowest BCUT2D eigenvalue weighted by Gasteiger charge is -2.16. The second kappa shape index (κ2) is 7.46. The van der Waals surface area contributed by atoms with Crippen molar-refractivity contribution in [3.8, 4) is 11.1 Å². The van der Waals surface area contributed by atoms with Crippen LogP contribution in [0.4, 0.5) is 0 Å². The molecule has 1 unspecified atom stereocenters. The van der Waals surface area contributed by atoms with Crippen LogP contribution in [0, 0.1) is 5.92 Å². The third-order valence-electron chi connectivity index (χ3n) is 4.37. The monoisotopic (exact) mass is 341 g/mol. The number of ether oxygens (including phenoxy) is 1. The van der Waals surface area contributed by atoms with E-state index in [0.29, 0.717) is 0 Å². The summed E-state index contributed by atoms with van der Waals surface area (Å²) < 4.78 is 5.34. The number of nitrogens with one attached hydrogen (secondary N) is 1. The van der Waals surface area contributed by atoms with E-state index in [0.717, 1.165) is 22.3 Å². The van der Waals surface area contributed by atoms with Gasteiger partial charge in [-0.15, -0.1) is 0 Å². The van der Waals surface area contributed by atoms with E-state index in [1.54, 1.807) is 0 Å². The van der Waals surface area contributed by atoms with E-state index in [1.165, 1.54) is 7.11 Å². The maximum absolute atomic E-state index is 12.2. The first-order valence-corrected chi connectivity index (χ1v) is 7.97. The van der Waals surface area contributed by atoms with Crippen molar-refractivity contribution in [2.75, 3.05) is 20.3 Å². The maximum Gasteiger partial charge on any atom is 0.321 e. The zero-order valence-corrected chi connectivity index (χ0v) is 13.8.